The fraction of sp³-hybridized carbons (Fsp3) is 0.190. The lowest BCUT2D eigenvalue weighted by Gasteiger charge is -2.18. The number of nitrogens with one attached hydrogen (secondary N) is 1. The fourth-order valence-electron chi connectivity index (χ4n) is 2.89. The summed E-state index contributed by atoms with van der Waals surface area (Å²) in [4.78, 5) is 31.0. The van der Waals surface area contributed by atoms with Crippen LogP contribution in [0.3, 0.4) is 0 Å². The third kappa shape index (κ3) is 3.57. The van der Waals surface area contributed by atoms with Crippen molar-refractivity contribution in [3.05, 3.63) is 71.9 Å². The van der Waals surface area contributed by atoms with Gasteiger partial charge in [0.05, 0.1) is 5.52 Å². The van der Waals surface area contributed by atoms with E-state index < -0.39 is 0 Å². The molecule has 3 aromatic rings. The lowest BCUT2D eigenvalue weighted by Crippen LogP contribution is -2.30. The summed E-state index contributed by atoms with van der Waals surface area (Å²) in [5.41, 5.74) is 2.60. The average Bonchev–Trinajstić information content (AvgIpc) is 2.69. The molecule has 26 heavy (non-hydrogen) atoms. The van der Waals surface area contributed by atoms with Gasteiger partial charge in [-0.05, 0) is 56.3 Å². The molecule has 0 aliphatic carbocycles. The Labute approximate surface area is 152 Å². The zero-order valence-corrected chi connectivity index (χ0v) is 14.9. The molecule has 2 aromatic carbocycles. The van der Waals surface area contributed by atoms with Crippen molar-refractivity contribution >= 4 is 28.4 Å². The van der Waals surface area contributed by atoms with E-state index in [1.807, 2.05) is 38.1 Å². The van der Waals surface area contributed by atoms with Crippen LogP contribution in [0.1, 0.15) is 34.6 Å². The first kappa shape index (κ1) is 17.6. The van der Waals surface area contributed by atoms with E-state index in [-0.39, 0.29) is 11.8 Å². The number of benzene rings is 2. The fourth-order valence-corrected chi connectivity index (χ4v) is 2.89. The number of pyridine rings is 1. The van der Waals surface area contributed by atoms with E-state index in [9.17, 15) is 9.59 Å². The van der Waals surface area contributed by atoms with Gasteiger partial charge in [0, 0.05) is 41.5 Å². The van der Waals surface area contributed by atoms with Gasteiger partial charge in [-0.15, -0.1) is 0 Å². The Balaban J connectivity index is 1.78. The number of rotatable bonds is 5. The van der Waals surface area contributed by atoms with Gasteiger partial charge >= 0.3 is 0 Å². The quantitative estimate of drug-likeness (QED) is 0.760. The number of aromatic nitrogens is 1. The lowest BCUT2D eigenvalue weighted by atomic mass is 10.1. The van der Waals surface area contributed by atoms with Crippen molar-refractivity contribution in [2.75, 3.05) is 18.4 Å². The molecule has 5 heteroatoms. The Morgan fingerprint density at radius 2 is 1.69 bits per heavy atom. The van der Waals surface area contributed by atoms with Gasteiger partial charge in [-0.25, -0.2) is 0 Å². The normalized spacial score (nSPS) is 10.5. The van der Waals surface area contributed by atoms with Crippen LogP contribution in [0.2, 0.25) is 0 Å². The third-order valence-corrected chi connectivity index (χ3v) is 4.33. The van der Waals surface area contributed by atoms with Crippen molar-refractivity contribution in [2.24, 2.45) is 0 Å². The van der Waals surface area contributed by atoms with E-state index in [1.54, 1.807) is 41.4 Å². The van der Waals surface area contributed by atoms with E-state index in [1.165, 1.54) is 0 Å². The van der Waals surface area contributed by atoms with Crippen LogP contribution in [0, 0.1) is 0 Å². The third-order valence-electron chi connectivity index (χ3n) is 4.33. The molecule has 0 unspecified atom stereocenters. The zero-order valence-electron chi connectivity index (χ0n) is 14.9. The summed E-state index contributed by atoms with van der Waals surface area (Å²) in [5.74, 6) is -0.209. The summed E-state index contributed by atoms with van der Waals surface area (Å²) in [6, 6.07) is 16.1. The zero-order chi connectivity index (χ0) is 18.5. The molecule has 0 aliphatic rings. The van der Waals surface area contributed by atoms with Gasteiger partial charge in [0.25, 0.3) is 11.8 Å². The molecule has 1 aromatic heterocycles. The highest BCUT2D eigenvalue weighted by Crippen LogP contribution is 2.19. The molecular weight excluding hydrogens is 326 g/mol. The maximum atomic E-state index is 12.6. The van der Waals surface area contributed by atoms with Gasteiger partial charge in [-0.3, -0.25) is 14.6 Å². The minimum Gasteiger partial charge on any atom is -0.339 e. The number of nitrogens with zero attached hydrogens (tertiary/aromatic N) is 2. The summed E-state index contributed by atoms with van der Waals surface area (Å²) < 4.78 is 0. The molecule has 1 heterocycles. The Bertz CT molecular complexity index is 926. The summed E-state index contributed by atoms with van der Waals surface area (Å²) in [7, 11) is 0. The molecule has 2 amide bonds. The largest absolute Gasteiger partial charge is 0.339 e. The molecule has 5 nitrogen and oxygen atoms in total. The number of hydrogen-bond acceptors (Lipinski definition) is 3. The summed E-state index contributed by atoms with van der Waals surface area (Å²) in [6.07, 6.45) is 1.70. The van der Waals surface area contributed by atoms with E-state index in [0.717, 1.165) is 10.9 Å². The summed E-state index contributed by atoms with van der Waals surface area (Å²) >= 11 is 0. The Kier molecular flexibility index (Phi) is 5.27. The second-order valence-corrected chi connectivity index (χ2v) is 5.88. The van der Waals surface area contributed by atoms with E-state index in [0.29, 0.717) is 29.9 Å². The van der Waals surface area contributed by atoms with Gasteiger partial charge in [-0.2, -0.15) is 0 Å². The highest BCUT2D eigenvalue weighted by molar-refractivity contribution is 6.12. The van der Waals surface area contributed by atoms with Gasteiger partial charge < -0.3 is 10.2 Å². The Hall–Kier alpha value is -3.21. The first-order valence-corrected chi connectivity index (χ1v) is 8.68. The molecule has 132 valence electrons. The first-order valence-electron chi connectivity index (χ1n) is 8.68. The van der Waals surface area contributed by atoms with Crippen molar-refractivity contribution in [1.29, 1.82) is 0 Å². The summed E-state index contributed by atoms with van der Waals surface area (Å²) in [6.45, 7) is 5.25. The topological polar surface area (TPSA) is 62.3 Å². The van der Waals surface area contributed by atoms with Crippen LogP contribution in [0.5, 0.6) is 0 Å². The predicted octanol–water partition coefficient (Wildman–Crippen LogP) is 3.97. The van der Waals surface area contributed by atoms with Crippen molar-refractivity contribution < 1.29 is 9.59 Å². The minimum absolute atomic E-state index is 0.00648. The van der Waals surface area contributed by atoms with Gasteiger partial charge in [0.15, 0.2) is 0 Å². The lowest BCUT2D eigenvalue weighted by molar-refractivity contribution is 0.0773. The molecule has 3 rings (SSSR count). The maximum Gasteiger partial charge on any atom is 0.256 e. The molecule has 0 saturated carbocycles. The number of hydrogen-bond donors (Lipinski definition) is 1. The van der Waals surface area contributed by atoms with Crippen molar-refractivity contribution in [1.82, 2.24) is 9.88 Å². The number of fused-ring (bicyclic) bond motifs is 1. The SMILES string of the molecule is CCN(CC)C(=O)c1ccc(NC(=O)c2cccc3ncccc23)cc1. The number of amides is 2. The standard InChI is InChI=1S/C21H21N3O2/c1-3-24(4-2)21(26)15-10-12-16(13-11-15)23-20(25)18-7-5-9-19-17(18)8-6-14-22-19/h5-14H,3-4H2,1-2H3,(H,23,25). The van der Waals surface area contributed by atoms with Crippen LogP contribution in [-0.2, 0) is 0 Å². The molecule has 0 saturated heterocycles. The predicted molar refractivity (Wildman–Crippen MR) is 103 cm³/mol. The van der Waals surface area contributed by atoms with Crippen LogP contribution in [0.4, 0.5) is 5.69 Å². The van der Waals surface area contributed by atoms with E-state index in [4.69, 9.17) is 0 Å². The highest BCUT2D eigenvalue weighted by atomic mass is 16.2. The molecule has 1 N–H and O–H groups in total. The molecule has 0 fully saturated rings. The summed E-state index contributed by atoms with van der Waals surface area (Å²) in [5, 5.41) is 3.69. The molecule has 0 spiro atoms. The second kappa shape index (κ2) is 7.78. The Morgan fingerprint density at radius 3 is 2.38 bits per heavy atom. The van der Waals surface area contributed by atoms with Gasteiger partial charge in [0.2, 0.25) is 0 Å². The minimum atomic E-state index is -0.202. The first-order chi connectivity index (χ1) is 12.6. The van der Waals surface area contributed by atoms with Gasteiger partial charge in [-0.1, -0.05) is 12.1 Å². The molecule has 0 atom stereocenters. The van der Waals surface area contributed by atoms with Crippen LogP contribution < -0.4 is 5.32 Å². The van der Waals surface area contributed by atoms with E-state index >= 15 is 0 Å². The number of anilines is 1. The Morgan fingerprint density at radius 1 is 0.962 bits per heavy atom. The second-order valence-electron chi connectivity index (χ2n) is 5.88. The maximum absolute atomic E-state index is 12.6. The molecule has 0 aliphatic heterocycles. The van der Waals surface area contributed by atoms with Crippen LogP contribution in [0.25, 0.3) is 10.9 Å². The number of carbonyl (C=O) groups excluding carboxylic acids is 2. The van der Waals surface area contributed by atoms with Crippen LogP contribution in [-0.4, -0.2) is 34.8 Å². The van der Waals surface area contributed by atoms with Crippen molar-refractivity contribution in [3.8, 4) is 0 Å². The van der Waals surface area contributed by atoms with Crippen molar-refractivity contribution in [2.45, 2.75) is 13.8 Å². The van der Waals surface area contributed by atoms with E-state index in [2.05, 4.69) is 10.3 Å². The molecular formula is C21H21N3O2. The molecule has 0 radical (unpaired) electrons. The monoisotopic (exact) mass is 347 g/mol. The average molecular weight is 347 g/mol. The van der Waals surface area contributed by atoms with Crippen LogP contribution in [0.15, 0.2) is 60.8 Å². The van der Waals surface area contributed by atoms with Crippen LogP contribution >= 0.6 is 0 Å². The number of carbonyl (C=O) groups is 2. The smallest absolute Gasteiger partial charge is 0.256 e. The molecule has 0 bridgehead atoms. The highest BCUT2D eigenvalue weighted by Gasteiger charge is 2.13. The van der Waals surface area contributed by atoms with Gasteiger partial charge in [0.1, 0.15) is 0 Å². The van der Waals surface area contributed by atoms with Crippen molar-refractivity contribution in [3.63, 3.8) is 0 Å².